The normalized spacial score (nSPS) is 14.3. The van der Waals surface area contributed by atoms with Crippen LogP contribution in [0.4, 0.5) is 80.3 Å². The average Bonchev–Trinajstić information content (AvgIpc) is 2.93. The largest absolute Gasteiger partial charge is 0.487 e. The Morgan fingerprint density at radius 3 is 1.62 bits per heavy atom. The lowest BCUT2D eigenvalue weighted by molar-refractivity contribution is -0.461. The van der Waals surface area contributed by atoms with E-state index in [1.165, 1.54) is 0 Å². The van der Waals surface area contributed by atoms with Crippen LogP contribution in [0.15, 0.2) is 18.2 Å². The number of carbonyl (C=O) groups is 1. The molecule has 0 aliphatic carbocycles. The van der Waals surface area contributed by atoms with Crippen LogP contribution < -0.4 is 4.74 Å². The number of unbranched alkanes of at least 4 members (excludes halogenated alkanes) is 4. The number of esters is 1. The molecule has 0 spiro atoms. The van der Waals surface area contributed by atoms with Gasteiger partial charge in [-0.1, -0.05) is 32.6 Å². The van der Waals surface area contributed by atoms with Crippen molar-refractivity contribution in [1.82, 2.24) is 0 Å². The molecule has 6 nitrogen and oxygen atoms in total. The molecule has 1 aromatic rings. The predicted octanol–water partition coefficient (Wildman–Crippen LogP) is 9.50. The summed E-state index contributed by atoms with van der Waals surface area (Å²) in [4.78, 5) is 22.0. The first-order valence-corrected chi connectivity index (χ1v) is 12.8. The minimum Gasteiger partial charge on any atom is -0.487 e. The van der Waals surface area contributed by atoms with E-state index in [-0.39, 0.29) is 6.61 Å². The van der Waals surface area contributed by atoms with E-state index in [9.17, 15) is 89.5 Å². The number of hydrogen-bond donors (Lipinski definition) is 0. The number of ether oxygens (including phenoxy) is 2. The van der Waals surface area contributed by atoms with E-state index >= 15 is 0 Å². The first-order valence-electron chi connectivity index (χ1n) is 12.8. The quantitative estimate of drug-likeness (QED) is 0.0495. The van der Waals surface area contributed by atoms with Crippen LogP contribution in [0, 0.1) is 10.1 Å². The molecule has 0 aliphatic heterocycles. The fourth-order valence-electron chi connectivity index (χ4n) is 3.51. The Morgan fingerprint density at radius 1 is 0.681 bits per heavy atom. The fourth-order valence-corrected chi connectivity index (χ4v) is 3.51. The van der Waals surface area contributed by atoms with Crippen LogP contribution in [0.3, 0.4) is 0 Å². The van der Waals surface area contributed by atoms with Crippen LogP contribution >= 0.6 is 0 Å². The van der Waals surface area contributed by atoms with E-state index in [0.717, 1.165) is 19.3 Å². The summed E-state index contributed by atoms with van der Waals surface area (Å²) >= 11 is 0. The number of nitrogens with zero attached hydrogens (tertiary/aromatic N) is 1. The lowest BCUT2D eigenvalue weighted by Gasteiger charge is -2.42. The third kappa shape index (κ3) is 7.72. The number of nitro benzene ring substituents is 1. The second-order valence-corrected chi connectivity index (χ2v) is 9.74. The molecule has 0 radical (unpaired) electrons. The van der Waals surface area contributed by atoms with Gasteiger partial charge in [0.05, 0.1) is 30.1 Å². The lowest BCUT2D eigenvalue weighted by Crippen LogP contribution is -2.74. The number of alkyl halides is 17. The summed E-state index contributed by atoms with van der Waals surface area (Å²) in [7, 11) is 0. The minimum atomic E-state index is -8.75. The minimum absolute atomic E-state index is 0.129. The molecule has 0 saturated heterocycles. The zero-order valence-corrected chi connectivity index (χ0v) is 23.3. The molecule has 0 atom stereocenters. The summed E-state index contributed by atoms with van der Waals surface area (Å²) in [5.74, 6) is -59.7. The molecule has 1 rings (SSSR count). The fraction of sp³-hybridized carbons (Fsp3) is 0.708. The summed E-state index contributed by atoms with van der Waals surface area (Å²) < 4.78 is 237. The van der Waals surface area contributed by atoms with Crippen molar-refractivity contribution >= 4 is 11.7 Å². The maximum atomic E-state index is 14.1. The highest BCUT2D eigenvalue weighted by atomic mass is 19.4. The zero-order chi connectivity index (χ0) is 37.1. The number of rotatable bonds is 18. The van der Waals surface area contributed by atoms with E-state index in [1.807, 2.05) is 6.92 Å². The van der Waals surface area contributed by atoms with Crippen molar-refractivity contribution in [3.8, 4) is 5.75 Å². The second kappa shape index (κ2) is 14.0. The molecule has 0 unspecified atom stereocenters. The van der Waals surface area contributed by atoms with Gasteiger partial charge in [0.2, 0.25) is 0 Å². The number of carbonyl (C=O) groups excluding carboxylic acids is 1. The lowest BCUT2D eigenvalue weighted by atomic mass is 9.88. The van der Waals surface area contributed by atoms with Crippen LogP contribution in [0.2, 0.25) is 0 Å². The molecule has 1 aromatic carbocycles. The molecule has 0 aromatic heterocycles. The molecule has 0 fully saturated rings. The first kappa shape index (κ1) is 41.7. The SMILES string of the molecule is CCCCCCCOC(=O)c1ccc(OCCC(F)(F)C(F)(F)C(F)(F)C(F)(F)C(F)(F)C(F)(F)C(F)(F)C(F)(F)F)c([N+](=O)[O-])c1. The molecular formula is C24H22F17NO5. The van der Waals surface area contributed by atoms with Crippen LogP contribution in [0.25, 0.3) is 0 Å². The molecule has 0 amide bonds. The van der Waals surface area contributed by atoms with Crippen LogP contribution in [-0.4, -0.2) is 71.7 Å². The van der Waals surface area contributed by atoms with Gasteiger partial charge in [0.15, 0.2) is 5.75 Å². The molecule has 0 bridgehead atoms. The molecule has 0 aliphatic rings. The maximum absolute atomic E-state index is 14.1. The average molecular weight is 727 g/mol. The second-order valence-electron chi connectivity index (χ2n) is 9.74. The van der Waals surface area contributed by atoms with Gasteiger partial charge < -0.3 is 9.47 Å². The van der Waals surface area contributed by atoms with Crippen LogP contribution in [-0.2, 0) is 4.74 Å². The van der Waals surface area contributed by atoms with Gasteiger partial charge in [-0.25, -0.2) is 4.79 Å². The van der Waals surface area contributed by atoms with Gasteiger partial charge in [0.25, 0.3) is 0 Å². The topological polar surface area (TPSA) is 78.7 Å². The number of benzene rings is 1. The molecule has 47 heavy (non-hydrogen) atoms. The Balaban J connectivity index is 3.21. The van der Waals surface area contributed by atoms with Crippen LogP contribution in [0.1, 0.15) is 55.8 Å². The van der Waals surface area contributed by atoms with Gasteiger partial charge in [0, 0.05) is 6.07 Å². The highest BCUT2D eigenvalue weighted by molar-refractivity contribution is 5.90. The highest BCUT2D eigenvalue weighted by Crippen LogP contribution is 2.64. The summed E-state index contributed by atoms with van der Waals surface area (Å²) in [5, 5.41) is 11.3. The predicted molar refractivity (Wildman–Crippen MR) is 123 cm³/mol. The van der Waals surface area contributed by atoms with Crippen molar-refractivity contribution in [2.24, 2.45) is 0 Å². The smallest absolute Gasteiger partial charge is 0.460 e. The summed E-state index contributed by atoms with van der Waals surface area (Å²) in [6.07, 6.45) is -7.15. The van der Waals surface area contributed by atoms with Gasteiger partial charge >= 0.3 is 59.3 Å². The van der Waals surface area contributed by atoms with Crippen molar-refractivity contribution in [1.29, 1.82) is 0 Å². The van der Waals surface area contributed by atoms with Gasteiger partial charge in [-0.05, 0) is 18.6 Å². The Hall–Kier alpha value is -3.30. The van der Waals surface area contributed by atoms with E-state index in [1.54, 1.807) is 0 Å². The number of nitro groups is 1. The van der Waals surface area contributed by atoms with E-state index < -0.39 is 88.6 Å². The summed E-state index contributed by atoms with van der Waals surface area (Å²) in [6.45, 7) is -0.291. The Kier molecular flexibility index (Phi) is 12.5. The Morgan fingerprint density at radius 2 is 1.15 bits per heavy atom. The Bertz CT molecular complexity index is 1250. The van der Waals surface area contributed by atoms with Crippen LogP contribution in [0.5, 0.6) is 5.75 Å². The monoisotopic (exact) mass is 727 g/mol. The van der Waals surface area contributed by atoms with Crippen molar-refractivity contribution < 1.29 is 93.8 Å². The van der Waals surface area contributed by atoms with Gasteiger partial charge in [-0.3, -0.25) is 10.1 Å². The van der Waals surface area contributed by atoms with Crippen molar-refractivity contribution in [2.45, 2.75) is 93.1 Å². The van der Waals surface area contributed by atoms with E-state index in [4.69, 9.17) is 4.74 Å². The van der Waals surface area contributed by atoms with Crippen molar-refractivity contribution in [3.05, 3.63) is 33.9 Å². The summed E-state index contributed by atoms with van der Waals surface area (Å²) in [6, 6.07) is 1.62. The van der Waals surface area contributed by atoms with E-state index in [0.29, 0.717) is 31.0 Å². The molecule has 23 heteroatoms. The van der Waals surface area contributed by atoms with Gasteiger partial charge in [0.1, 0.15) is 0 Å². The zero-order valence-electron chi connectivity index (χ0n) is 23.3. The third-order valence-electron chi connectivity index (χ3n) is 6.33. The third-order valence-corrected chi connectivity index (χ3v) is 6.33. The highest BCUT2D eigenvalue weighted by Gasteiger charge is 2.95. The molecular weight excluding hydrogens is 705 g/mol. The van der Waals surface area contributed by atoms with Gasteiger partial charge in [-0.2, -0.15) is 74.6 Å². The number of hydrogen-bond acceptors (Lipinski definition) is 5. The maximum Gasteiger partial charge on any atom is 0.460 e. The molecule has 0 N–H and O–H groups in total. The number of halogens is 17. The molecule has 0 saturated carbocycles. The first-order chi connectivity index (χ1) is 21.0. The van der Waals surface area contributed by atoms with Crippen molar-refractivity contribution in [3.63, 3.8) is 0 Å². The standard InChI is InChI=1S/C24H22F17NO5/c1-2-3-4-5-6-10-47-16(43)13-7-8-15(14(12-13)42(44)45)46-11-9-17(25,26)18(27,28)19(29,30)20(31,32)21(33,34)22(35,36)23(37,38)24(39,40)41/h7-8,12H,2-6,9-11H2,1H3. The van der Waals surface area contributed by atoms with Gasteiger partial charge in [-0.15, -0.1) is 0 Å². The Labute approximate surface area is 252 Å². The van der Waals surface area contributed by atoms with Crippen molar-refractivity contribution in [2.75, 3.05) is 13.2 Å². The summed E-state index contributed by atoms with van der Waals surface area (Å²) in [5.41, 5.74) is -1.80. The molecule has 0 heterocycles. The molecule has 272 valence electrons. The van der Waals surface area contributed by atoms with E-state index in [2.05, 4.69) is 4.74 Å².